The minimum Gasteiger partial charge on any atom is -0.545 e. The molecular weight excluding hydrogens is 256 g/mol. The lowest BCUT2D eigenvalue weighted by molar-refractivity contribution is -0.299. The fraction of sp³-hybridized carbons (Fsp3) is 0.625. The summed E-state index contributed by atoms with van der Waals surface area (Å²) in [5.74, 6) is -1.72. The molecule has 114 valence electrons. The van der Waals surface area contributed by atoms with Crippen LogP contribution in [0.2, 0.25) is 0 Å². The van der Waals surface area contributed by atoms with Crippen LogP contribution in [0.15, 0.2) is 23.3 Å². The molecule has 0 fully saturated rings. The summed E-state index contributed by atoms with van der Waals surface area (Å²) in [6.07, 6.45) is 6.22. The van der Waals surface area contributed by atoms with E-state index in [1.807, 2.05) is 0 Å². The summed E-state index contributed by atoms with van der Waals surface area (Å²) in [4.78, 5) is 21.5. The van der Waals surface area contributed by atoms with Gasteiger partial charge < -0.3 is 19.8 Å². The van der Waals surface area contributed by atoms with E-state index in [9.17, 15) is 19.8 Å². The third-order valence-corrected chi connectivity index (χ3v) is 3.18. The van der Waals surface area contributed by atoms with Gasteiger partial charge >= 0.3 is 0 Å². The van der Waals surface area contributed by atoms with Gasteiger partial charge in [-0.25, -0.2) is 0 Å². The minimum atomic E-state index is -1.40. The van der Waals surface area contributed by atoms with Gasteiger partial charge in [0, 0.05) is 0 Å². The summed E-state index contributed by atoms with van der Waals surface area (Å²) in [6.45, 7) is 7.84. The van der Waals surface area contributed by atoms with Gasteiger partial charge in [0.05, 0.1) is 11.9 Å². The zero-order valence-corrected chi connectivity index (χ0v) is 12.8. The molecule has 4 nitrogen and oxygen atoms in total. The van der Waals surface area contributed by atoms with E-state index >= 15 is 0 Å². The Bertz CT molecular complexity index is 391. The molecule has 0 saturated heterocycles. The van der Waals surface area contributed by atoms with Crippen molar-refractivity contribution in [2.24, 2.45) is 11.8 Å². The second-order valence-electron chi connectivity index (χ2n) is 5.72. The molecule has 0 aliphatic carbocycles. The molecule has 4 heteroatoms. The number of carbonyl (C=O) groups excluding carboxylic acids is 2. The maximum absolute atomic E-state index is 11.0. The second kappa shape index (κ2) is 9.34. The molecule has 0 aliphatic heterocycles. The Balaban J connectivity index is 4.56. The van der Waals surface area contributed by atoms with Crippen LogP contribution in [0.1, 0.15) is 53.4 Å². The Labute approximate surface area is 121 Å². The monoisotopic (exact) mass is 280 g/mol. The van der Waals surface area contributed by atoms with E-state index in [-0.39, 0.29) is 11.1 Å². The summed E-state index contributed by atoms with van der Waals surface area (Å²) in [5, 5.41) is 21.5. The number of hydrogen-bond acceptors (Lipinski definition) is 4. The second-order valence-corrected chi connectivity index (χ2v) is 5.72. The highest BCUT2D eigenvalue weighted by Gasteiger charge is 2.05. The van der Waals surface area contributed by atoms with Gasteiger partial charge in [-0.1, -0.05) is 46.1 Å². The average molecular weight is 280 g/mol. The quantitative estimate of drug-likeness (QED) is 0.469. The lowest BCUT2D eigenvalue weighted by Gasteiger charge is -2.13. The molecule has 0 aromatic rings. The number of allylic oxidation sites excluding steroid dienone is 1. The van der Waals surface area contributed by atoms with Crippen molar-refractivity contribution >= 4 is 11.9 Å². The molecule has 1 atom stereocenters. The molecule has 0 aromatic heterocycles. The Morgan fingerprint density at radius 1 is 1.10 bits per heavy atom. The van der Waals surface area contributed by atoms with Gasteiger partial charge in [0.15, 0.2) is 0 Å². The van der Waals surface area contributed by atoms with Gasteiger partial charge in [0.25, 0.3) is 0 Å². The highest BCUT2D eigenvalue weighted by atomic mass is 16.4. The molecule has 0 unspecified atom stereocenters. The van der Waals surface area contributed by atoms with Crippen LogP contribution < -0.4 is 10.2 Å². The third-order valence-electron chi connectivity index (χ3n) is 3.18. The summed E-state index contributed by atoms with van der Waals surface area (Å²) < 4.78 is 0. The predicted molar refractivity (Wildman–Crippen MR) is 74.3 cm³/mol. The van der Waals surface area contributed by atoms with E-state index in [2.05, 4.69) is 20.8 Å². The lowest BCUT2D eigenvalue weighted by Crippen LogP contribution is -2.26. The molecule has 0 saturated carbocycles. The van der Waals surface area contributed by atoms with Crippen molar-refractivity contribution in [1.29, 1.82) is 0 Å². The van der Waals surface area contributed by atoms with Crippen molar-refractivity contribution in [2.45, 2.75) is 53.4 Å². The van der Waals surface area contributed by atoms with Crippen LogP contribution in [0.25, 0.3) is 0 Å². The Morgan fingerprint density at radius 2 is 1.70 bits per heavy atom. The first-order valence-electron chi connectivity index (χ1n) is 7.05. The highest BCUT2D eigenvalue weighted by molar-refractivity contribution is 5.92. The molecule has 0 heterocycles. The van der Waals surface area contributed by atoms with E-state index in [4.69, 9.17) is 0 Å². The number of carboxylic acid groups (broad SMARTS) is 2. The number of rotatable bonds is 9. The molecule has 0 rings (SSSR count). The third kappa shape index (κ3) is 8.51. The van der Waals surface area contributed by atoms with E-state index in [0.29, 0.717) is 18.3 Å². The normalized spacial score (nSPS) is 14.4. The van der Waals surface area contributed by atoms with Crippen molar-refractivity contribution in [3.8, 4) is 0 Å². The number of aliphatic carboxylic acids is 2. The molecule has 0 aliphatic rings. The Hall–Kier alpha value is -1.58. The van der Waals surface area contributed by atoms with Crippen LogP contribution >= 0.6 is 0 Å². The van der Waals surface area contributed by atoms with Gasteiger partial charge in [0.2, 0.25) is 0 Å². The van der Waals surface area contributed by atoms with Crippen molar-refractivity contribution in [3.05, 3.63) is 23.3 Å². The van der Waals surface area contributed by atoms with Crippen LogP contribution in [0, 0.1) is 11.8 Å². The molecule has 0 N–H and O–H groups in total. The average Bonchev–Trinajstić information content (AvgIpc) is 2.26. The van der Waals surface area contributed by atoms with Crippen LogP contribution in [0.4, 0.5) is 0 Å². The van der Waals surface area contributed by atoms with Crippen LogP contribution in [-0.2, 0) is 9.59 Å². The van der Waals surface area contributed by atoms with Gasteiger partial charge in [-0.2, -0.15) is 0 Å². The number of carbonyl (C=O) groups is 2. The molecular formula is C16H24O4-2. The van der Waals surface area contributed by atoms with Crippen molar-refractivity contribution < 1.29 is 19.8 Å². The summed E-state index contributed by atoms with van der Waals surface area (Å²) in [6, 6.07) is 0. The van der Waals surface area contributed by atoms with Crippen molar-refractivity contribution in [1.82, 2.24) is 0 Å². The van der Waals surface area contributed by atoms with E-state index in [1.165, 1.54) is 6.92 Å². The van der Waals surface area contributed by atoms with Gasteiger partial charge in [0.1, 0.15) is 0 Å². The van der Waals surface area contributed by atoms with Gasteiger partial charge in [-0.05, 0) is 42.4 Å². The van der Waals surface area contributed by atoms with Gasteiger partial charge in [-0.15, -0.1) is 0 Å². The van der Waals surface area contributed by atoms with Crippen LogP contribution in [0.5, 0.6) is 0 Å². The zero-order valence-electron chi connectivity index (χ0n) is 12.8. The molecule has 0 spiro atoms. The minimum absolute atomic E-state index is 0.0649. The van der Waals surface area contributed by atoms with E-state index < -0.39 is 11.9 Å². The summed E-state index contributed by atoms with van der Waals surface area (Å²) in [5.41, 5.74) is 0.0873. The Kier molecular flexibility index (Phi) is 8.61. The van der Waals surface area contributed by atoms with Crippen LogP contribution in [-0.4, -0.2) is 11.9 Å². The molecule has 0 aromatic carbocycles. The number of hydrogen-bond donors (Lipinski definition) is 0. The predicted octanol–water partition coefficient (Wildman–Crippen LogP) is 1.21. The smallest absolute Gasteiger partial charge is 0.0714 e. The van der Waals surface area contributed by atoms with E-state index in [0.717, 1.165) is 25.3 Å². The number of carboxylic acids is 2. The maximum Gasteiger partial charge on any atom is 0.0714 e. The topological polar surface area (TPSA) is 80.3 Å². The standard InChI is InChI=1S/C16H26O4/c1-11(2)6-5-7-12(3)8-9-14(16(19)20)13(4)10-15(17)18/h9-12H,5-8H2,1-4H3,(H,17,18)(H,19,20)/p-2/b13-10+,14-9+/t12-/m1/s1. The first-order chi connectivity index (χ1) is 9.23. The lowest BCUT2D eigenvalue weighted by atomic mass is 9.95. The summed E-state index contributed by atoms with van der Waals surface area (Å²) in [7, 11) is 0. The molecule has 0 amide bonds. The fourth-order valence-electron chi connectivity index (χ4n) is 1.97. The molecule has 20 heavy (non-hydrogen) atoms. The molecule has 0 bridgehead atoms. The zero-order chi connectivity index (χ0) is 15.7. The largest absolute Gasteiger partial charge is 0.545 e. The van der Waals surface area contributed by atoms with Crippen molar-refractivity contribution in [2.75, 3.05) is 0 Å². The van der Waals surface area contributed by atoms with Crippen molar-refractivity contribution in [3.63, 3.8) is 0 Å². The van der Waals surface area contributed by atoms with Crippen LogP contribution in [0.3, 0.4) is 0 Å². The first kappa shape index (κ1) is 18.4. The Morgan fingerprint density at radius 3 is 2.15 bits per heavy atom. The van der Waals surface area contributed by atoms with E-state index in [1.54, 1.807) is 6.08 Å². The first-order valence-corrected chi connectivity index (χ1v) is 7.05. The van der Waals surface area contributed by atoms with Gasteiger partial charge in [-0.3, -0.25) is 0 Å². The maximum atomic E-state index is 11.0. The fourth-order valence-corrected chi connectivity index (χ4v) is 1.97. The molecule has 0 radical (unpaired) electrons. The highest BCUT2D eigenvalue weighted by Crippen LogP contribution is 2.18. The SMILES string of the molecule is CC(=C\C(=O)[O-])/C(=C\C[C@H](C)CCCC(C)C)C(=O)[O-]. The summed E-state index contributed by atoms with van der Waals surface area (Å²) >= 11 is 0.